The summed E-state index contributed by atoms with van der Waals surface area (Å²) in [4.78, 5) is 21.5. The van der Waals surface area contributed by atoms with Crippen molar-refractivity contribution >= 4 is 12.1 Å². The first-order valence-corrected chi connectivity index (χ1v) is 5.57. The molecule has 0 aliphatic rings. The molecule has 0 saturated heterocycles. The second kappa shape index (κ2) is 7.96. The first-order valence-electron chi connectivity index (χ1n) is 5.57. The van der Waals surface area contributed by atoms with Gasteiger partial charge in [-0.2, -0.15) is 0 Å². The first-order chi connectivity index (χ1) is 7.41. The molecular weight excluding hydrogens is 210 g/mol. The predicted octanol–water partition coefficient (Wildman–Crippen LogP) is 2.01. The number of hydrogen-bond acceptors (Lipinski definition) is 3. The Morgan fingerprint density at radius 2 is 1.94 bits per heavy atom. The maximum absolute atomic E-state index is 11.2. The van der Waals surface area contributed by atoms with Gasteiger partial charge >= 0.3 is 12.1 Å². The number of carboxylic acids is 1. The molecule has 0 bridgehead atoms. The molecule has 1 unspecified atom stereocenters. The van der Waals surface area contributed by atoms with E-state index in [2.05, 4.69) is 5.32 Å². The zero-order chi connectivity index (χ0) is 12.6. The van der Waals surface area contributed by atoms with E-state index in [0.717, 1.165) is 0 Å². The molecule has 1 atom stereocenters. The van der Waals surface area contributed by atoms with Crippen molar-refractivity contribution in [2.45, 2.75) is 46.1 Å². The number of alkyl carbamates (subject to hydrolysis) is 1. The van der Waals surface area contributed by atoms with E-state index in [0.29, 0.717) is 25.4 Å². The molecule has 1 amide bonds. The summed E-state index contributed by atoms with van der Waals surface area (Å²) in [6.45, 7) is 6.15. The van der Waals surface area contributed by atoms with E-state index in [1.54, 1.807) is 0 Å². The number of rotatable bonds is 7. The lowest BCUT2D eigenvalue weighted by atomic mass is 10.1. The van der Waals surface area contributed by atoms with E-state index in [1.165, 1.54) is 0 Å². The van der Waals surface area contributed by atoms with Crippen LogP contribution < -0.4 is 5.32 Å². The third-order valence-corrected chi connectivity index (χ3v) is 1.94. The quantitative estimate of drug-likeness (QED) is 0.702. The minimum atomic E-state index is -0.811. The second-order valence-electron chi connectivity index (χ2n) is 4.32. The second-order valence-corrected chi connectivity index (χ2v) is 4.32. The fourth-order valence-electron chi connectivity index (χ4n) is 1.12. The van der Waals surface area contributed by atoms with Crippen LogP contribution in [0.25, 0.3) is 0 Å². The van der Waals surface area contributed by atoms with Gasteiger partial charge in [0.1, 0.15) is 0 Å². The molecule has 5 nitrogen and oxygen atoms in total. The van der Waals surface area contributed by atoms with Crippen molar-refractivity contribution in [1.82, 2.24) is 5.32 Å². The molecular formula is C11H21NO4. The molecule has 0 heterocycles. The normalized spacial score (nSPS) is 12.2. The summed E-state index contributed by atoms with van der Waals surface area (Å²) >= 11 is 0. The topological polar surface area (TPSA) is 75.6 Å². The number of carbonyl (C=O) groups is 2. The molecule has 0 saturated carbocycles. The van der Waals surface area contributed by atoms with E-state index < -0.39 is 12.1 Å². The van der Waals surface area contributed by atoms with Crippen LogP contribution in [0.15, 0.2) is 0 Å². The van der Waals surface area contributed by atoms with Crippen LogP contribution in [0, 0.1) is 5.92 Å². The molecule has 0 aliphatic heterocycles. The number of nitrogens with one attached hydrogen (secondary N) is 1. The molecule has 0 spiro atoms. The highest BCUT2D eigenvalue weighted by Crippen LogP contribution is 2.01. The third-order valence-electron chi connectivity index (χ3n) is 1.94. The fraction of sp³-hybridized carbons (Fsp3) is 0.818. The molecule has 0 rings (SSSR count). The minimum absolute atomic E-state index is 0.0565. The molecule has 0 aromatic carbocycles. The van der Waals surface area contributed by atoms with Crippen molar-refractivity contribution in [3.8, 4) is 0 Å². The number of carbonyl (C=O) groups excluding carboxylic acids is 1. The van der Waals surface area contributed by atoms with Crippen molar-refractivity contribution in [3.05, 3.63) is 0 Å². The molecule has 94 valence electrons. The average Bonchev–Trinajstić information content (AvgIpc) is 2.14. The van der Waals surface area contributed by atoms with E-state index >= 15 is 0 Å². The van der Waals surface area contributed by atoms with Crippen LogP contribution >= 0.6 is 0 Å². The average molecular weight is 231 g/mol. The van der Waals surface area contributed by atoms with Gasteiger partial charge in [-0.15, -0.1) is 0 Å². The van der Waals surface area contributed by atoms with E-state index in [-0.39, 0.29) is 12.5 Å². The summed E-state index contributed by atoms with van der Waals surface area (Å²) in [5, 5.41) is 11.1. The Kier molecular flexibility index (Phi) is 7.33. The van der Waals surface area contributed by atoms with Crippen LogP contribution in [0.5, 0.6) is 0 Å². The van der Waals surface area contributed by atoms with Crippen molar-refractivity contribution in [3.63, 3.8) is 0 Å². The van der Waals surface area contributed by atoms with Crippen LogP contribution in [-0.4, -0.2) is 29.8 Å². The summed E-state index contributed by atoms with van der Waals surface area (Å²) < 4.78 is 4.94. The standard InChI is InChI=1S/C11H21NO4/c1-8(2)7-16-11(15)12-9(3)5-4-6-10(13)14/h8-9H,4-7H2,1-3H3,(H,12,15)(H,13,14). The number of carboxylic acid groups (broad SMARTS) is 1. The Labute approximate surface area is 96.2 Å². The molecule has 16 heavy (non-hydrogen) atoms. The lowest BCUT2D eigenvalue weighted by molar-refractivity contribution is -0.137. The highest BCUT2D eigenvalue weighted by Gasteiger charge is 2.09. The number of ether oxygens (including phenoxy) is 1. The Bertz CT molecular complexity index is 228. The van der Waals surface area contributed by atoms with Crippen LogP contribution in [0.4, 0.5) is 4.79 Å². The SMILES string of the molecule is CC(C)COC(=O)NC(C)CCCC(=O)O. The Balaban J connectivity index is 3.57. The molecule has 5 heteroatoms. The van der Waals surface area contributed by atoms with Gasteiger partial charge in [-0.3, -0.25) is 4.79 Å². The monoisotopic (exact) mass is 231 g/mol. The van der Waals surface area contributed by atoms with Crippen LogP contribution in [0.1, 0.15) is 40.0 Å². The Morgan fingerprint density at radius 1 is 1.31 bits per heavy atom. The predicted molar refractivity (Wildman–Crippen MR) is 60.3 cm³/mol. The Morgan fingerprint density at radius 3 is 2.44 bits per heavy atom. The maximum atomic E-state index is 11.2. The third kappa shape index (κ3) is 9.30. The van der Waals surface area contributed by atoms with Crippen molar-refractivity contribution in [2.24, 2.45) is 5.92 Å². The van der Waals surface area contributed by atoms with Crippen molar-refractivity contribution in [1.29, 1.82) is 0 Å². The number of hydrogen-bond donors (Lipinski definition) is 2. The minimum Gasteiger partial charge on any atom is -0.481 e. The zero-order valence-corrected chi connectivity index (χ0v) is 10.2. The van der Waals surface area contributed by atoms with Crippen LogP contribution in [-0.2, 0) is 9.53 Å². The van der Waals surface area contributed by atoms with Gasteiger partial charge < -0.3 is 15.2 Å². The smallest absolute Gasteiger partial charge is 0.407 e. The lowest BCUT2D eigenvalue weighted by Gasteiger charge is -2.14. The summed E-state index contributed by atoms with van der Waals surface area (Å²) in [6, 6.07) is -0.0565. The fourth-order valence-corrected chi connectivity index (χ4v) is 1.12. The highest BCUT2D eigenvalue weighted by atomic mass is 16.5. The lowest BCUT2D eigenvalue weighted by Crippen LogP contribution is -2.33. The first kappa shape index (κ1) is 14.7. The maximum Gasteiger partial charge on any atom is 0.407 e. The highest BCUT2D eigenvalue weighted by molar-refractivity contribution is 5.67. The van der Waals surface area contributed by atoms with Crippen molar-refractivity contribution < 1.29 is 19.4 Å². The van der Waals surface area contributed by atoms with Gasteiger partial charge in [0, 0.05) is 12.5 Å². The molecule has 0 radical (unpaired) electrons. The molecule has 0 aromatic heterocycles. The summed E-state index contributed by atoms with van der Waals surface area (Å²) in [7, 11) is 0. The van der Waals surface area contributed by atoms with E-state index in [1.807, 2.05) is 20.8 Å². The van der Waals surface area contributed by atoms with Gasteiger partial charge in [0.2, 0.25) is 0 Å². The number of aliphatic carboxylic acids is 1. The summed E-state index contributed by atoms with van der Waals surface area (Å²) in [5.74, 6) is -0.498. The van der Waals surface area contributed by atoms with Crippen molar-refractivity contribution in [2.75, 3.05) is 6.61 Å². The van der Waals surface area contributed by atoms with Gasteiger partial charge in [-0.25, -0.2) is 4.79 Å². The van der Waals surface area contributed by atoms with Gasteiger partial charge in [-0.1, -0.05) is 13.8 Å². The van der Waals surface area contributed by atoms with Gasteiger partial charge in [-0.05, 0) is 25.7 Å². The zero-order valence-electron chi connectivity index (χ0n) is 10.2. The van der Waals surface area contributed by atoms with Gasteiger partial charge in [0.25, 0.3) is 0 Å². The summed E-state index contributed by atoms with van der Waals surface area (Å²) in [5.41, 5.74) is 0. The van der Waals surface area contributed by atoms with Gasteiger partial charge in [0.05, 0.1) is 6.61 Å². The van der Waals surface area contributed by atoms with E-state index in [4.69, 9.17) is 9.84 Å². The Hall–Kier alpha value is -1.26. The van der Waals surface area contributed by atoms with Gasteiger partial charge in [0.15, 0.2) is 0 Å². The van der Waals surface area contributed by atoms with Crippen LogP contribution in [0.3, 0.4) is 0 Å². The largest absolute Gasteiger partial charge is 0.481 e. The van der Waals surface area contributed by atoms with Crippen LogP contribution in [0.2, 0.25) is 0 Å². The molecule has 0 aromatic rings. The molecule has 0 fully saturated rings. The summed E-state index contributed by atoms with van der Waals surface area (Å²) in [6.07, 6.45) is 0.897. The molecule has 2 N–H and O–H groups in total. The molecule has 0 aliphatic carbocycles. The van der Waals surface area contributed by atoms with E-state index in [9.17, 15) is 9.59 Å². The number of amides is 1.